The molecule has 1 amide bonds. The number of rotatable bonds is 5. The Hall–Kier alpha value is -1.89. The highest BCUT2D eigenvalue weighted by Crippen LogP contribution is 2.28. The lowest BCUT2D eigenvalue weighted by Crippen LogP contribution is -2.14. The summed E-state index contributed by atoms with van der Waals surface area (Å²) in [5.74, 6) is -2.02. The molecular weight excluding hydrogens is 294 g/mol. The molecule has 0 aromatic carbocycles. The van der Waals surface area contributed by atoms with Crippen molar-refractivity contribution in [3.05, 3.63) is 16.5 Å². The van der Waals surface area contributed by atoms with E-state index in [1.54, 1.807) is 13.0 Å². The summed E-state index contributed by atoms with van der Waals surface area (Å²) in [6.07, 6.45) is 0.872. The predicted molar refractivity (Wildman–Crippen MR) is 81.9 cm³/mol. The molecule has 0 aliphatic heterocycles. The third kappa shape index (κ3) is 7.45. The summed E-state index contributed by atoms with van der Waals surface area (Å²) in [6.45, 7) is 6.05. The molecule has 21 heavy (non-hydrogen) atoms. The molecule has 0 aliphatic carbocycles. The molecule has 7 heteroatoms. The Labute approximate surface area is 128 Å². The number of anilines is 1. The lowest BCUT2D eigenvalue weighted by atomic mass is 10.2. The molecule has 118 valence electrons. The average molecular weight is 315 g/mol. The first-order valence-electron chi connectivity index (χ1n) is 6.56. The molecule has 1 rings (SSSR count). The summed E-state index contributed by atoms with van der Waals surface area (Å²) in [5.41, 5.74) is 0.281. The van der Waals surface area contributed by atoms with Gasteiger partial charge in [0.1, 0.15) is 5.00 Å². The Balaban J connectivity index is 0.00000122. The molecule has 1 aromatic heterocycles. The molecule has 0 saturated carbocycles. The van der Waals surface area contributed by atoms with Crippen LogP contribution in [-0.2, 0) is 14.3 Å². The van der Waals surface area contributed by atoms with Crippen molar-refractivity contribution in [2.45, 2.75) is 40.0 Å². The number of methoxy groups -OCH3 is 1. The number of carboxylic acids is 1. The number of carboxylic acid groups (broad SMARTS) is 1. The molecule has 0 saturated heterocycles. The minimum absolute atomic E-state index is 0.132. The van der Waals surface area contributed by atoms with Crippen LogP contribution in [0.1, 0.15) is 48.3 Å². The molecule has 0 unspecified atom stereocenters. The van der Waals surface area contributed by atoms with Crippen LogP contribution in [0.25, 0.3) is 0 Å². The molecule has 1 heterocycles. The van der Waals surface area contributed by atoms with Crippen LogP contribution in [0.15, 0.2) is 6.07 Å². The average Bonchev–Trinajstić information content (AvgIpc) is 2.77. The fourth-order valence-corrected chi connectivity index (χ4v) is 2.19. The Bertz CT molecular complexity index is 496. The highest BCUT2D eigenvalue weighted by Gasteiger charge is 2.17. The van der Waals surface area contributed by atoms with Crippen LogP contribution in [-0.4, -0.2) is 30.1 Å². The van der Waals surface area contributed by atoms with Gasteiger partial charge in [-0.15, -0.1) is 11.3 Å². The zero-order valence-electron chi connectivity index (χ0n) is 12.7. The van der Waals surface area contributed by atoms with Crippen LogP contribution in [0.3, 0.4) is 0 Å². The second-order valence-corrected chi connectivity index (χ2v) is 5.50. The van der Waals surface area contributed by atoms with Gasteiger partial charge in [0.05, 0.1) is 19.1 Å². The summed E-state index contributed by atoms with van der Waals surface area (Å²) in [7, 11) is 1.26. The van der Waals surface area contributed by atoms with E-state index >= 15 is 0 Å². The summed E-state index contributed by atoms with van der Waals surface area (Å²) < 4.78 is 4.59. The van der Waals surface area contributed by atoms with Crippen molar-refractivity contribution in [2.75, 3.05) is 12.4 Å². The molecule has 0 radical (unpaired) electrons. The number of nitrogens with one attached hydrogen (secondary N) is 1. The molecule has 0 atom stereocenters. The number of hydrogen-bond acceptors (Lipinski definition) is 5. The number of thiophene rings is 1. The van der Waals surface area contributed by atoms with E-state index in [1.807, 2.05) is 0 Å². The fraction of sp³-hybridized carbons (Fsp3) is 0.500. The smallest absolute Gasteiger partial charge is 0.340 e. The zero-order valence-corrected chi connectivity index (χ0v) is 13.5. The van der Waals surface area contributed by atoms with Crippen LogP contribution in [0.4, 0.5) is 5.00 Å². The second-order valence-electron chi connectivity index (χ2n) is 4.24. The van der Waals surface area contributed by atoms with Gasteiger partial charge in [-0.1, -0.05) is 20.3 Å². The van der Waals surface area contributed by atoms with Gasteiger partial charge in [-0.2, -0.15) is 0 Å². The van der Waals surface area contributed by atoms with E-state index in [1.165, 1.54) is 24.9 Å². The van der Waals surface area contributed by atoms with Gasteiger partial charge < -0.3 is 15.2 Å². The van der Waals surface area contributed by atoms with E-state index in [2.05, 4.69) is 23.9 Å². The molecule has 1 aromatic rings. The van der Waals surface area contributed by atoms with E-state index in [4.69, 9.17) is 5.11 Å². The Morgan fingerprint density at radius 2 is 1.86 bits per heavy atom. The van der Waals surface area contributed by atoms with Crippen molar-refractivity contribution in [1.29, 1.82) is 0 Å². The summed E-state index contributed by atoms with van der Waals surface area (Å²) in [5, 5.41) is 11.4. The van der Waals surface area contributed by atoms with Crippen molar-refractivity contribution >= 4 is 34.2 Å². The number of esters is 1. The SMILES string of the molecule is CCC.COC(=O)c1cc(C)sc1NC(=O)CCC(=O)O. The van der Waals surface area contributed by atoms with Crippen molar-refractivity contribution in [3.8, 4) is 0 Å². The first-order valence-corrected chi connectivity index (χ1v) is 7.37. The van der Waals surface area contributed by atoms with E-state index in [0.29, 0.717) is 5.00 Å². The Morgan fingerprint density at radius 3 is 2.33 bits per heavy atom. The lowest BCUT2D eigenvalue weighted by Gasteiger charge is -2.04. The predicted octanol–water partition coefficient (Wildman–Crippen LogP) is 3.06. The molecule has 0 aliphatic rings. The summed E-state index contributed by atoms with van der Waals surface area (Å²) >= 11 is 1.24. The third-order valence-corrected chi connectivity index (χ3v) is 3.05. The quantitative estimate of drug-likeness (QED) is 0.815. The molecule has 0 bridgehead atoms. The van der Waals surface area contributed by atoms with Gasteiger partial charge in [-0.05, 0) is 13.0 Å². The van der Waals surface area contributed by atoms with E-state index in [0.717, 1.165) is 4.88 Å². The topological polar surface area (TPSA) is 92.7 Å². The van der Waals surface area contributed by atoms with Gasteiger partial charge in [-0.3, -0.25) is 9.59 Å². The number of carbonyl (C=O) groups excluding carboxylic acids is 2. The largest absolute Gasteiger partial charge is 0.481 e. The number of ether oxygens (including phenoxy) is 1. The maximum atomic E-state index is 11.5. The fourth-order valence-electron chi connectivity index (χ4n) is 1.28. The van der Waals surface area contributed by atoms with E-state index in [-0.39, 0.29) is 18.4 Å². The third-order valence-electron chi connectivity index (χ3n) is 2.08. The first kappa shape index (κ1) is 19.1. The van der Waals surface area contributed by atoms with Gasteiger partial charge in [0.2, 0.25) is 5.91 Å². The lowest BCUT2D eigenvalue weighted by molar-refractivity contribution is -0.138. The maximum absolute atomic E-state index is 11.5. The maximum Gasteiger partial charge on any atom is 0.340 e. The molecule has 6 nitrogen and oxygen atoms in total. The molecule has 0 spiro atoms. The number of amides is 1. The van der Waals surface area contributed by atoms with Gasteiger partial charge in [-0.25, -0.2) is 4.79 Å². The van der Waals surface area contributed by atoms with Crippen LogP contribution in [0.5, 0.6) is 0 Å². The minimum atomic E-state index is -1.04. The normalized spacial score (nSPS) is 9.33. The molecule has 2 N–H and O–H groups in total. The number of carbonyl (C=O) groups is 3. The highest BCUT2D eigenvalue weighted by molar-refractivity contribution is 7.16. The van der Waals surface area contributed by atoms with Crippen LogP contribution in [0.2, 0.25) is 0 Å². The van der Waals surface area contributed by atoms with E-state index in [9.17, 15) is 14.4 Å². The van der Waals surface area contributed by atoms with Crippen molar-refractivity contribution in [1.82, 2.24) is 0 Å². The van der Waals surface area contributed by atoms with Crippen molar-refractivity contribution in [3.63, 3.8) is 0 Å². The minimum Gasteiger partial charge on any atom is -0.481 e. The Kier molecular flexibility index (Phi) is 9.03. The summed E-state index contributed by atoms with van der Waals surface area (Å²) in [6, 6.07) is 1.61. The molecule has 0 fully saturated rings. The van der Waals surface area contributed by atoms with Gasteiger partial charge in [0, 0.05) is 11.3 Å². The number of hydrogen-bond donors (Lipinski definition) is 2. The van der Waals surface area contributed by atoms with Gasteiger partial charge >= 0.3 is 11.9 Å². The van der Waals surface area contributed by atoms with Gasteiger partial charge in [0.15, 0.2) is 0 Å². The van der Waals surface area contributed by atoms with Gasteiger partial charge in [0.25, 0.3) is 0 Å². The van der Waals surface area contributed by atoms with Crippen LogP contribution in [0, 0.1) is 6.92 Å². The van der Waals surface area contributed by atoms with Crippen molar-refractivity contribution < 1.29 is 24.2 Å². The summed E-state index contributed by atoms with van der Waals surface area (Å²) in [4.78, 5) is 34.1. The zero-order chi connectivity index (χ0) is 16.4. The van der Waals surface area contributed by atoms with Crippen LogP contribution >= 0.6 is 11.3 Å². The number of aryl methyl sites for hydroxylation is 1. The van der Waals surface area contributed by atoms with E-state index < -0.39 is 17.8 Å². The Morgan fingerprint density at radius 1 is 1.29 bits per heavy atom. The standard InChI is InChI=1S/C11H13NO5S.C3H8/c1-6-5-7(11(16)17-2)10(18-6)12-8(13)3-4-9(14)15;1-3-2/h5H,3-4H2,1-2H3,(H,12,13)(H,14,15);3H2,1-2H3. The second kappa shape index (κ2) is 9.93. The van der Waals surface area contributed by atoms with Crippen LogP contribution < -0.4 is 5.32 Å². The van der Waals surface area contributed by atoms with Crippen molar-refractivity contribution in [2.24, 2.45) is 0 Å². The number of aliphatic carboxylic acids is 1. The monoisotopic (exact) mass is 315 g/mol. The first-order chi connectivity index (χ1) is 9.85. The molecular formula is C14H21NO5S. The highest BCUT2D eigenvalue weighted by atomic mass is 32.1.